The zero-order chi connectivity index (χ0) is 24.1. The Morgan fingerprint density at radius 2 is 1.94 bits per heavy atom. The van der Waals surface area contributed by atoms with Crippen molar-refractivity contribution in [1.82, 2.24) is 19.2 Å². The second-order valence-corrected chi connectivity index (χ2v) is 12.6. The van der Waals surface area contributed by atoms with Gasteiger partial charge in [0.2, 0.25) is 21.9 Å². The SMILES string of the molecule is CCN1CC(S(=O)(=O)N2CCC(Nc3ncc4c(n3)N([C@H]3CCC[C@]3(C)O)C(=O)CC4)CC2)C1. The molecule has 10 nitrogen and oxygen atoms in total. The summed E-state index contributed by atoms with van der Waals surface area (Å²) in [6, 6.07) is -0.203. The maximum absolute atomic E-state index is 12.9. The average Bonchev–Trinajstić information content (AvgIpc) is 3.11. The van der Waals surface area contributed by atoms with Crippen LogP contribution in [0.25, 0.3) is 0 Å². The Morgan fingerprint density at radius 3 is 2.59 bits per heavy atom. The number of fused-ring (bicyclic) bond motifs is 1. The number of rotatable bonds is 6. The van der Waals surface area contributed by atoms with Crippen LogP contribution in [-0.4, -0.2) is 94.3 Å². The molecule has 1 aromatic heterocycles. The molecule has 2 N–H and O–H groups in total. The molecular formula is C23H36N6O4S. The highest BCUT2D eigenvalue weighted by atomic mass is 32.2. The summed E-state index contributed by atoms with van der Waals surface area (Å²) in [5.74, 6) is 1.06. The third-order valence-corrected chi connectivity index (χ3v) is 10.3. The number of carbonyl (C=O) groups excluding carboxylic acids is 1. The first-order chi connectivity index (χ1) is 16.2. The maximum atomic E-state index is 12.9. The van der Waals surface area contributed by atoms with Crippen LogP contribution in [0.4, 0.5) is 11.8 Å². The highest BCUT2D eigenvalue weighted by Gasteiger charge is 2.45. The molecule has 0 aromatic carbocycles. The van der Waals surface area contributed by atoms with E-state index in [2.05, 4.69) is 15.2 Å². The van der Waals surface area contributed by atoms with Crippen LogP contribution in [-0.2, 0) is 21.2 Å². The molecule has 1 amide bonds. The Morgan fingerprint density at radius 1 is 1.21 bits per heavy atom. The number of aryl methyl sites for hydroxylation is 1. The second kappa shape index (κ2) is 9.00. The first-order valence-electron chi connectivity index (χ1n) is 12.6. The average molecular weight is 493 g/mol. The van der Waals surface area contributed by atoms with Gasteiger partial charge in [-0.1, -0.05) is 6.92 Å². The van der Waals surface area contributed by atoms with E-state index in [0.717, 1.165) is 24.9 Å². The van der Waals surface area contributed by atoms with Gasteiger partial charge in [-0.15, -0.1) is 0 Å². The predicted octanol–water partition coefficient (Wildman–Crippen LogP) is 0.970. The van der Waals surface area contributed by atoms with Crippen LogP contribution in [0, 0.1) is 0 Å². The molecule has 2 saturated heterocycles. The van der Waals surface area contributed by atoms with Gasteiger partial charge in [-0.05, 0) is 52.0 Å². The zero-order valence-corrected chi connectivity index (χ0v) is 20.9. The number of nitrogens with zero attached hydrogens (tertiary/aromatic N) is 5. The van der Waals surface area contributed by atoms with Crippen molar-refractivity contribution in [1.29, 1.82) is 0 Å². The van der Waals surface area contributed by atoms with Gasteiger partial charge in [0.1, 0.15) is 11.1 Å². The molecule has 4 aliphatic rings. The zero-order valence-electron chi connectivity index (χ0n) is 20.1. The highest BCUT2D eigenvalue weighted by molar-refractivity contribution is 7.89. The number of hydrogen-bond acceptors (Lipinski definition) is 8. The van der Waals surface area contributed by atoms with Gasteiger partial charge < -0.3 is 15.3 Å². The Balaban J connectivity index is 1.25. The standard InChI is InChI=1S/C23H36N6O4S/c1-3-27-14-18(15-27)34(32,33)28-11-8-17(9-12-28)25-22-24-13-16-6-7-20(30)29(21(16)26-22)19-5-4-10-23(19,2)31/h13,17-19,31H,3-12,14-15H2,1-2H3,(H,24,25,26)/t19-,23-/m0/s1. The van der Waals surface area contributed by atoms with Crippen LogP contribution in [0.15, 0.2) is 6.20 Å². The number of piperidine rings is 1. The number of sulfonamides is 1. The summed E-state index contributed by atoms with van der Waals surface area (Å²) in [6.45, 7) is 6.98. The Bertz CT molecular complexity index is 1030. The molecule has 3 aliphatic heterocycles. The quantitative estimate of drug-likeness (QED) is 0.603. The van der Waals surface area contributed by atoms with Crippen molar-refractivity contribution in [3.63, 3.8) is 0 Å². The summed E-state index contributed by atoms with van der Waals surface area (Å²) in [6.07, 6.45) is 6.47. The Labute approximate surface area is 201 Å². The van der Waals surface area contributed by atoms with Gasteiger partial charge in [0.05, 0.1) is 11.6 Å². The third kappa shape index (κ3) is 4.31. The molecule has 0 unspecified atom stereocenters. The Kier molecular flexibility index (Phi) is 6.33. The van der Waals surface area contributed by atoms with Crippen molar-refractivity contribution in [3.8, 4) is 0 Å². The van der Waals surface area contributed by atoms with Crippen LogP contribution >= 0.6 is 0 Å². The van der Waals surface area contributed by atoms with Gasteiger partial charge in [-0.3, -0.25) is 9.69 Å². The van der Waals surface area contributed by atoms with Gasteiger partial charge in [0, 0.05) is 50.4 Å². The fourth-order valence-electron chi connectivity index (χ4n) is 5.81. The minimum absolute atomic E-state index is 0.000438. The number of nitrogens with one attached hydrogen (secondary N) is 1. The molecule has 1 saturated carbocycles. The second-order valence-electron chi connectivity index (χ2n) is 10.4. The monoisotopic (exact) mass is 492 g/mol. The number of amides is 1. The van der Waals surface area contributed by atoms with E-state index >= 15 is 0 Å². The third-order valence-electron chi connectivity index (χ3n) is 8.08. The van der Waals surface area contributed by atoms with Gasteiger partial charge in [-0.2, -0.15) is 4.98 Å². The summed E-state index contributed by atoms with van der Waals surface area (Å²) in [5, 5.41) is 13.9. The van der Waals surface area contributed by atoms with Crippen molar-refractivity contribution < 1.29 is 18.3 Å². The van der Waals surface area contributed by atoms with Crippen molar-refractivity contribution >= 4 is 27.7 Å². The van der Waals surface area contributed by atoms with Gasteiger partial charge in [0.25, 0.3) is 0 Å². The van der Waals surface area contributed by atoms with Crippen molar-refractivity contribution in [2.45, 2.75) is 81.7 Å². The van der Waals surface area contributed by atoms with E-state index in [-0.39, 0.29) is 23.2 Å². The lowest BCUT2D eigenvalue weighted by Gasteiger charge is -2.42. The van der Waals surface area contributed by atoms with Crippen LogP contribution < -0.4 is 10.2 Å². The lowest BCUT2D eigenvalue weighted by Crippen LogP contribution is -2.59. The van der Waals surface area contributed by atoms with E-state index in [1.165, 1.54) is 0 Å². The van der Waals surface area contributed by atoms with E-state index in [1.54, 1.807) is 22.3 Å². The molecule has 3 fully saturated rings. The summed E-state index contributed by atoms with van der Waals surface area (Å²) in [7, 11) is -3.25. The van der Waals surface area contributed by atoms with E-state index in [1.807, 2.05) is 6.92 Å². The molecule has 4 heterocycles. The molecule has 2 atom stereocenters. The minimum atomic E-state index is -3.25. The van der Waals surface area contributed by atoms with E-state index in [9.17, 15) is 18.3 Å². The first-order valence-corrected chi connectivity index (χ1v) is 14.1. The molecule has 0 bridgehead atoms. The van der Waals surface area contributed by atoms with E-state index < -0.39 is 15.6 Å². The molecule has 1 aromatic rings. The van der Waals surface area contributed by atoms with Gasteiger partial charge in [0.15, 0.2) is 0 Å². The number of carbonyl (C=O) groups is 1. The normalized spacial score (nSPS) is 29.8. The lowest BCUT2D eigenvalue weighted by atomic mass is 9.95. The number of aliphatic hydroxyl groups is 1. The first kappa shape index (κ1) is 23.9. The fourth-order valence-corrected chi connectivity index (χ4v) is 7.75. The summed E-state index contributed by atoms with van der Waals surface area (Å²) in [4.78, 5) is 25.9. The smallest absolute Gasteiger partial charge is 0.228 e. The number of anilines is 2. The van der Waals surface area contributed by atoms with Crippen LogP contribution in [0.2, 0.25) is 0 Å². The van der Waals surface area contributed by atoms with Gasteiger partial charge >= 0.3 is 0 Å². The molecule has 5 rings (SSSR count). The number of hydrogen-bond donors (Lipinski definition) is 2. The molecular weight excluding hydrogens is 456 g/mol. The van der Waals surface area contributed by atoms with Crippen LogP contribution in [0.1, 0.15) is 57.9 Å². The molecule has 0 spiro atoms. The minimum Gasteiger partial charge on any atom is -0.388 e. The largest absolute Gasteiger partial charge is 0.388 e. The highest BCUT2D eigenvalue weighted by Crippen LogP contribution is 2.39. The van der Waals surface area contributed by atoms with Crippen LogP contribution in [0.5, 0.6) is 0 Å². The topological polar surface area (TPSA) is 119 Å². The molecule has 0 radical (unpaired) electrons. The number of likely N-dealkylation sites (tertiary alicyclic amines) is 1. The summed E-state index contributed by atoms with van der Waals surface area (Å²) < 4.78 is 27.4. The number of aromatic nitrogens is 2. The summed E-state index contributed by atoms with van der Waals surface area (Å²) >= 11 is 0. The van der Waals surface area contributed by atoms with Crippen molar-refractivity contribution in [2.24, 2.45) is 0 Å². The fraction of sp³-hybridized carbons (Fsp3) is 0.783. The molecule has 34 heavy (non-hydrogen) atoms. The van der Waals surface area contributed by atoms with Crippen molar-refractivity contribution in [2.75, 3.05) is 42.9 Å². The van der Waals surface area contributed by atoms with E-state index in [0.29, 0.717) is 70.0 Å². The maximum Gasteiger partial charge on any atom is 0.228 e. The van der Waals surface area contributed by atoms with Crippen LogP contribution in [0.3, 0.4) is 0 Å². The molecule has 1 aliphatic carbocycles. The van der Waals surface area contributed by atoms with E-state index in [4.69, 9.17) is 4.98 Å². The lowest BCUT2D eigenvalue weighted by molar-refractivity contribution is -0.120. The summed E-state index contributed by atoms with van der Waals surface area (Å²) in [5.41, 5.74) is 0.00538. The molecule has 11 heteroatoms. The van der Waals surface area contributed by atoms with Crippen molar-refractivity contribution in [3.05, 3.63) is 11.8 Å². The van der Waals surface area contributed by atoms with Gasteiger partial charge in [-0.25, -0.2) is 17.7 Å². The molecule has 188 valence electrons. The predicted molar refractivity (Wildman–Crippen MR) is 129 cm³/mol. The Hall–Kier alpha value is -1.82.